The molecule has 8 rings (SSSR count). The van der Waals surface area contributed by atoms with Gasteiger partial charge in [-0.2, -0.15) is 21.6 Å². The molecule has 3 N–H and O–H groups in total. The van der Waals surface area contributed by atoms with E-state index >= 15 is 12.8 Å². The molecule has 0 spiro atoms. The van der Waals surface area contributed by atoms with E-state index in [4.69, 9.17) is 26.1 Å². The number of aromatic nitrogens is 1. The van der Waals surface area contributed by atoms with Crippen LogP contribution >= 0.6 is 30.5 Å². The van der Waals surface area contributed by atoms with Crippen molar-refractivity contribution < 1.29 is 66.7 Å². The van der Waals surface area contributed by atoms with Gasteiger partial charge in [-0.25, -0.2) is 21.2 Å². The van der Waals surface area contributed by atoms with Gasteiger partial charge in [0, 0.05) is 89.7 Å². The van der Waals surface area contributed by atoms with Gasteiger partial charge in [0.2, 0.25) is 10.0 Å². The van der Waals surface area contributed by atoms with Gasteiger partial charge >= 0.3 is 29.1 Å². The number of hydrogen-bond donors (Lipinski definition) is 3. The van der Waals surface area contributed by atoms with Crippen molar-refractivity contribution in [1.82, 2.24) is 9.47 Å². The number of benzene rings is 4. The Hall–Kier alpha value is -5.50. The lowest BCUT2D eigenvalue weighted by Crippen LogP contribution is -2.59. The van der Waals surface area contributed by atoms with Crippen LogP contribution < -0.4 is 18.8 Å². The average Bonchev–Trinajstić information content (AvgIpc) is 4.00. The summed E-state index contributed by atoms with van der Waals surface area (Å²) in [6, 6.07) is 25.5. The fourth-order valence-corrected chi connectivity index (χ4v) is 16.5. The normalized spacial score (nSPS) is 16.1. The molecule has 2 atom stereocenters. The number of ether oxygens (including phenoxy) is 1. The lowest BCUT2D eigenvalue weighted by Gasteiger charge is -2.41. The summed E-state index contributed by atoms with van der Waals surface area (Å²) in [4.78, 5) is 37.4. The zero-order chi connectivity index (χ0) is 59.5. The largest absolute Gasteiger partial charge is 0.516 e. The lowest BCUT2D eigenvalue weighted by atomic mass is 9.96. The van der Waals surface area contributed by atoms with Crippen LogP contribution in [-0.2, 0) is 50.4 Å². The summed E-state index contributed by atoms with van der Waals surface area (Å²) in [7, 11) is -19.3. The Bertz CT molecular complexity index is 3600. The second-order valence-electron chi connectivity index (χ2n) is 20.7. The van der Waals surface area contributed by atoms with Crippen molar-refractivity contribution in [3.8, 4) is 22.4 Å². The Labute approximate surface area is 484 Å². The molecule has 27 heteroatoms. The molecule has 444 valence electrons. The summed E-state index contributed by atoms with van der Waals surface area (Å²) in [6.45, 7) is 6.60. The van der Waals surface area contributed by atoms with Crippen molar-refractivity contribution in [2.24, 2.45) is 5.92 Å². The van der Waals surface area contributed by atoms with E-state index in [0.29, 0.717) is 75.5 Å². The number of nitrogens with one attached hydrogen (secondary N) is 1. The first kappa shape index (κ1) is 62.5. The van der Waals surface area contributed by atoms with Crippen molar-refractivity contribution in [2.75, 3.05) is 83.7 Å². The molecule has 6 aromatic rings. The van der Waals surface area contributed by atoms with Crippen molar-refractivity contribution >= 4 is 89.1 Å². The SMILES string of the molecule is Cc1c(S(C)(=O)=O)c(-c2cc(F)cc(N3CCN(c4ccc(NS(=O)(=O)C(Cc5cccs5)C(CN5CCC(C(=O)OCCCP(=O)(O)O)CC5)N(c5ccccc5)S(=O)(=O)C(F)(F)F)cc4)CC3)c2)c(-c2ccc(Cl)cc2)n1C(C)C. The predicted octanol–water partition coefficient (Wildman–Crippen LogP) is 10.2. The van der Waals surface area contributed by atoms with Gasteiger partial charge in [0.25, 0.3) is 0 Å². The van der Waals surface area contributed by atoms with Crippen molar-refractivity contribution in [3.05, 3.63) is 136 Å². The molecule has 17 nitrogen and oxygen atoms in total. The first-order chi connectivity index (χ1) is 38.5. The molecule has 2 aliphatic rings. The van der Waals surface area contributed by atoms with Crippen LogP contribution in [0.3, 0.4) is 0 Å². The number of hydrogen-bond acceptors (Lipinski definition) is 13. The molecule has 82 heavy (non-hydrogen) atoms. The van der Waals surface area contributed by atoms with Crippen LogP contribution in [0.15, 0.2) is 119 Å². The molecule has 2 fully saturated rings. The van der Waals surface area contributed by atoms with E-state index in [9.17, 15) is 39.4 Å². The summed E-state index contributed by atoms with van der Waals surface area (Å²) in [5.41, 5.74) is -2.47. The fourth-order valence-electron chi connectivity index (χ4n) is 10.8. The minimum absolute atomic E-state index is 0.0384. The number of piperazine rings is 1. The van der Waals surface area contributed by atoms with Gasteiger partial charge in [-0.1, -0.05) is 48.0 Å². The summed E-state index contributed by atoms with van der Waals surface area (Å²) in [5.74, 6) is -1.90. The van der Waals surface area contributed by atoms with Gasteiger partial charge in [0.05, 0.1) is 41.0 Å². The van der Waals surface area contributed by atoms with Crippen LogP contribution in [0.5, 0.6) is 0 Å². The van der Waals surface area contributed by atoms with E-state index in [2.05, 4.69) is 4.72 Å². The van der Waals surface area contributed by atoms with Crippen LogP contribution in [0.1, 0.15) is 49.7 Å². The maximum Gasteiger partial charge on any atom is 0.516 e. The van der Waals surface area contributed by atoms with Gasteiger partial charge in [0.1, 0.15) is 11.1 Å². The number of likely N-dealkylation sites (tertiary alicyclic amines) is 1. The molecule has 2 aromatic heterocycles. The summed E-state index contributed by atoms with van der Waals surface area (Å²) in [5, 5.41) is 0.305. The van der Waals surface area contributed by atoms with Crippen molar-refractivity contribution in [2.45, 2.75) is 74.2 Å². The zero-order valence-electron chi connectivity index (χ0n) is 45.2. The lowest BCUT2D eigenvalue weighted by molar-refractivity contribution is -0.150. The second kappa shape index (κ2) is 25.4. The number of carbonyl (C=O) groups excluding carboxylic acids is 1. The molecular weight excluding hydrogens is 1190 g/mol. The average molecular weight is 1260 g/mol. The molecule has 4 heterocycles. The van der Waals surface area contributed by atoms with E-state index in [1.54, 1.807) is 71.8 Å². The van der Waals surface area contributed by atoms with Crippen LogP contribution in [0.25, 0.3) is 22.4 Å². The third kappa shape index (κ3) is 14.7. The van der Waals surface area contributed by atoms with E-state index in [1.807, 2.05) is 28.2 Å². The first-order valence-electron chi connectivity index (χ1n) is 26.3. The number of nitrogens with zero attached hydrogens (tertiary/aromatic N) is 5. The monoisotopic (exact) mass is 1250 g/mol. The quantitative estimate of drug-likeness (QED) is 0.0250. The molecule has 2 saturated heterocycles. The van der Waals surface area contributed by atoms with E-state index in [0.717, 1.165) is 29.7 Å². The highest BCUT2D eigenvalue weighted by Crippen LogP contribution is 2.45. The maximum atomic E-state index is 15.9. The molecule has 2 unspecified atom stereocenters. The van der Waals surface area contributed by atoms with E-state index in [1.165, 1.54) is 42.5 Å². The van der Waals surface area contributed by atoms with Gasteiger partial charge in [0.15, 0.2) is 9.84 Å². The van der Waals surface area contributed by atoms with Gasteiger partial charge in [-0.3, -0.25) is 18.4 Å². The molecule has 0 aliphatic carbocycles. The number of sulfonamides is 2. The maximum absolute atomic E-state index is 15.9. The Morgan fingerprint density at radius 1 is 0.841 bits per heavy atom. The van der Waals surface area contributed by atoms with Crippen LogP contribution in [0.4, 0.5) is 40.3 Å². The highest BCUT2D eigenvalue weighted by molar-refractivity contribution is 7.94. The number of rotatable bonds is 22. The second-order valence-corrected chi connectivity index (χ2v) is 29.6. The number of para-hydroxylation sites is 1. The number of sulfone groups is 1. The third-order valence-electron chi connectivity index (χ3n) is 14.6. The first-order valence-corrected chi connectivity index (χ1v) is 34.2. The number of carbonyl (C=O) groups is 1. The van der Waals surface area contributed by atoms with Crippen LogP contribution in [0.2, 0.25) is 5.02 Å². The Kier molecular flexibility index (Phi) is 19.4. The third-order valence-corrected chi connectivity index (χ3v) is 21.3. The van der Waals surface area contributed by atoms with Gasteiger partial charge in [-0.05, 0) is 142 Å². The Balaban J connectivity index is 1.04. The summed E-state index contributed by atoms with van der Waals surface area (Å²) < 4.78 is 167. The predicted molar refractivity (Wildman–Crippen MR) is 313 cm³/mol. The number of anilines is 4. The van der Waals surface area contributed by atoms with E-state index < -0.39 is 96.8 Å². The number of piperidine rings is 1. The molecule has 2 aliphatic heterocycles. The van der Waals surface area contributed by atoms with Crippen molar-refractivity contribution in [1.29, 1.82) is 0 Å². The minimum atomic E-state index is -6.29. The highest BCUT2D eigenvalue weighted by Gasteiger charge is 2.55. The Morgan fingerprint density at radius 2 is 1.46 bits per heavy atom. The highest BCUT2D eigenvalue weighted by atomic mass is 35.5. The standard InChI is InChI=1S/C55H64ClF4N6O11PS4/c1-37(2)65-38(3)53(80(4,71)72)51(52(65)39-13-15-42(56)16-14-39)41-32-43(57)34-47(33-41)64-27-25-63(26-28-64)45-19-17-44(18-20-45)61-81(73,74)50(35-48-12-8-31-79-48)49(66(46-10-6-5-7-11-46)82(75,76)55(58,59)60)36-62-23-21-40(22-24-62)54(67)77-29-9-30-78(68,69)70/h5-8,10-20,31-34,37,40,49-50,61H,9,21-30,35-36H2,1-4H3,(H2,68,69,70). The topological polar surface area (TPSA) is 216 Å². The number of thiophene rings is 1. The summed E-state index contributed by atoms with van der Waals surface area (Å²) >= 11 is 7.41. The molecule has 0 amide bonds. The van der Waals surface area contributed by atoms with Gasteiger partial charge in [-0.15, -0.1) is 11.3 Å². The molecule has 0 saturated carbocycles. The number of halogens is 5. The fraction of sp³-hybridized carbons (Fsp3) is 0.400. The smallest absolute Gasteiger partial charge is 0.465 e. The number of esters is 1. The van der Waals surface area contributed by atoms with Crippen molar-refractivity contribution in [3.63, 3.8) is 0 Å². The Morgan fingerprint density at radius 3 is 2.02 bits per heavy atom. The number of alkyl halides is 3. The zero-order valence-corrected chi connectivity index (χ0v) is 50.2. The van der Waals surface area contributed by atoms with Crippen LogP contribution in [-0.4, -0.2) is 132 Å². The van der Waals surface area contributed by atoms with Crippen LogP contribution in [0, 0.1) is 18.7 Å². The van der Waals surface area contributed by atoms with E-state index in [-0.39, 0.29) is 59.9 Å². The molecular formula is C55H64ClF4N6O11PS4. The molecule has 4 aromatic carbocycles. The van der Waals surface area contributed by atoms with Gasteiger partial charge < -0.3 is 33.8 Å². The molecule has 0 radical (unpaired) electrons. The minimum Gasteiger partial charge on any atom is -0.465 e. The molecule has 0 bridgehead atoms. The summed E-state index contributed by atoms with van der Waals surface area (Å²) in [6.07, 6.45) is 0.400.